The van der Waals surface area contributed by atoms with Gasteiger partial charge in [0.15, 0.2) is 0 Å². The number of carbonyl (C=O) groups excluding carboxylic acids is 1. The first-order chi connectivity index (χ1) is 14.2. The van der Waals surface area contributed by atoms with E-state index in [9.17, 15) is 9.18 Å². The number of rotatable bonds is 5. The minimum absolute atomic E-state index is 0.199. The Morgan fingerprint density at radius 3 is 1.93 bits per heavy atom. The lowest BCUT2D eigenvalue weighted by Gasteiger charge is -2.21. The van der Waals surface area contributed by atoms with Gasteiger partial charge in [0.25, 0.3) is 0 Å². The molecule has 29 heavy (non-hydrogen) atoms. The van der Waals surface area contributed by atoms with Crippen LogP contribution in [0, 0.1) is 5.95 Å². The summed E-state index contributed by atoms with van der Waals surface area (Å²) in [6.07, 6.45) is 1.18. The molecule has 4 rings (SSSR count). The molecule has 3 aromatic carbocycles. The third kappa shape index (κ3) is 4.39. The van der Waals surface area contributed by atoms with Crippen molar-refractivity contribution in [1.82, 2.24) is 4.98 Å². The van der Waals surface area contributed by atoms with E-state index in [0.29, 0.717) is 5.75 Å². The van der Waals surface area contributed by atoms with Gasteiger partial charge in [-0.3, -0.25) is 0 Å². The van der Waals surface area contributed by atoms with Crippen LogP contribution >= 0.6 is 7.92 Å². The number of halogens is 1. The fourth-order valence-electron chi connectivity index (χ4n) is 2.96. The maximum atomic E-state index is 13.1. The second-order valence-electron chi connectivity index (χ2n) is 6.23. The molecule has 1 heterocycles. The largest absolute Gasteiger partial charge is 0.422 e. The summed E-state index contributed by atoms with van der Waals surface area (Å²) in [6, 6.07) is 30.4. The van der Waals surface area contributed by atoms with Crippen molar-refractivity contribution in [3.05, 3.63) is 115 Å². The number of pyridine rings is 1. The van der Waals surface area contributed by atoms with E-state index in [1.807, 2.05) is 54.6 Å². The quantitative estimate of drug-likeness (QED) is 0.218. The minimum Gasteiger partial charge on any atom is -0.422 e. The lowest BCUT2D eigenvalue weighted by Crippen LogP contribution is -2.23. The molecular formula is C24H17FNO2P. The lowest BCUT2D eigenvalue weighted by molar-refractivity contribution is 0.0736. The Morgan fingerprint density at radius 2 is 1.34 bits per heavy atom. The molecule has 142 valence electrons. The van der Waals surface area contributed by atoms with Crippen molar-refractivity contribution in [2.45, 2.75) is 0 Å². The van der Waals surface area contributed by atoms with Crippen molar-refractivity contribution in [2.75, 3.05) is 0 Å². The Morgan fingerprint density at radius 1 is 0.759 bits per heavy atom. The highest BCUT2D eigenvalue weighted by molar-refractivity contribution is 7.80. The van der Waals surface area contributed by atoms with E-state index in [-0.39, 0.29) is 5.56 Å². The highest BCUT2D eigenvalue weighted by atomic mass is 31.1. The fraction of sp³-hybridized carbons (Fsp3) is 0. The van der Waals surface area contributed by atoms with Crippen molar-refractivity contribution in [3.63, 3.8) is 0 Å². The zero-order valence-corrected chi connectivity index (χ0v) is 16.3. The van der Waals surface area contributed by atoms with E-state index in [2.05, 4.69) is 29.2 Å². The van der Waals surface area contributed by atoms with Crippen LogP contribution in [0.15, 0.2) is 103 Å². The summed E-state index contributed by atoms with van der Waals surface area (Å²) in [5, 5.41) is 3.24. The number of para-hydroxylation sites is 1. The van der Waals surface area contributed by atoms with Gasteiger partial charge in [-0.2, -0.15) is 4.39 Å². The second kappa shape index (κ2) is 8.76. The van der Waals surface area contributed by atoms with Crippen LogP contribution in [-0.2, 0) is 0 Å². The molecule has 0 fully saturated rings. The molecule has 4 aromatic rings. The number of carbonyl (C=O) groups is 1. The van der Waals surface area contributed by atoms with Gasteiger partial charge in [-0.15, -0.1) is 0 Å². The van der Waals surface area contributed by atoms with E-state index < -0.39 is 19.8 Å². The van der Waals surface area contributed by atoms with Crippen LogP contribution in [0.4, 0.5) is 4.39 Å². The van der Waals surface area contributed by atoms with E-state index >= 15 is 0 Å². The van der Waals surface area contributed by atoms with Gasteiger partial charge in [0.1, 0.15) is 5.75 Å². The van der Waals surface area contributed by atoms with Gasteiger partial charge in [-0.05, 0) is 36.7 Å². The Hall–Kier alpha value is -3.36. The van der Waals surface area contributed by atoms with Crippen LogP contribution in [-0.4, -0.2) is 11.0 Å². The Bertz CT molecular complexity index is 1060. The predicted molar refractivity (Wildman–Crippen MR) is 114 cm³/mol. The van der Waals surface area contributed by atoms with Gasteiger partial charge in [0.2, 0.25) is 5.95 Å². The van der Waals surface area contributed by atoms with Crippen LogP contribution in [0.2, 0.25) is 0 Å². The summed E-state index contributed by atoms with van der Waals surface area (Å²) in [4.78, 5) is 16.1. The summed E-state index contributed by atoms with van der Waals surface area (Å²) in [6.45, 7) is 0. The molecule has 0 saturated carbocycles. The fourth-order valence-corrected chi connectivity index (χ4v) is 5.34. The summed E-state index contributed by atoms with van der Waals surface area (Å²) in [7, 11) is -0.924. The molecule has 0 aliphatic rings. The topological polar surface area (TPSA) is 39.2 Å². The van der Waals surface area contributed by atoms with Gasteiger partial charge < -0.3 is 4.74 Å². The molecule has 0 aliphatic carbocycles. The summed E-state index contributed by atoms with van der Waals surface area (Å²) in [5.74, 6) is -0.722. The smallest absolute Gasteiger partial charge is 0.345 e. The third-order valence-corrected chi connectivity index (χ3v) is 6.78. The first-order valence-corrected chi connectivity index (χ1v) is 10.4. The lowest BCUT2D eigenvalue weighted by atomic mass is 10.3. The third-order valence-electron chi connectivity index (χ3n) is 4.30. The SMILES string of the molecule is O=C(Oc1ccccc1P(c1ccccc1)c1ccccc1)c1ccc(F)nc1. The van der Waals surface area contributed by atoms with Gasteiger partial charge in [-0.25, -0.2) is 9.78 Å². The molecule has 0 bridgehead atoms. The Labute approximate surface area is 169 Å². The molecule has 1 aromatic heterocycles. The number of hydrogen-bond acceptors (Lipinski definition) is 3. The number of ether oxygens (including phenoxy) is 1. The maximum absolute atomic E-state index is 13.1. The van der Waals surface area contributed by atoms with Gasteiger partial charge in [-0.1, -0.05) is 78.9 Å². The molecule has 0 atom stereocenters. The molecule has 0 N–H and O–H groups in total. The number of benzene rings is 3. The average molecular weight is 401 g/mol. The number of hydrogen-bond donors (Lipinski definition) is 0. The van der Waals surface area contributed by atoms with Crippen LogP contribution in [0.25, 0.3) is 0 Å². The zero-order valence-electron chi connectivity index (χ0n) is 15.4. The van der Waals surface area contributed by atoms with E-state index in [4.69, 9.17) is 4.74 Å². The molecule has 0 saturated heterocycles. The van der Waals surface area contributed by atoms with Crippen molar-refractivity contribution < 1.29 is 13.9 Å². The summed E-state index contributed by atoms with van der Waals surface area (Å²) >= 11 is 0. The van der Waals surface area contributed by atoms with Crippen LogP contribution in [0.5, 0.6) is 5.75 Å². The van der Waals surface area contributed by atoms with Crippen molar-refractivity contribution >= 4 is 29.8 Å². The summed E-state index contributed by atoms with van der Waals surface area (Å²) in [5.41, 5.74) is 0.199. The van der Waals surface area contributed by atoms with Crippen LogP contribution < -0.4 is 20.7 Å². The average Bonchev–Trinajstić information content (AvgIpc) is 2.77. The monoisotopic (exact) mass is 401 g/mol. The molecule has 0 aliphatic heterocycles. The first-order valence-electron chi connectivity index (χ1n) is 9.05. The molecule has 0 unspecified atom stereocenters. The van der Waals surface area contributed by atoms with E-state index in [0.717, 1.165) is 22.0 Å². The van der Waals surface area contributed by atoms with Gasteiger partial charge in [0.05, 0.1) is 5.56 Å². The Balaban J connectivity index is 1.75. The van der Waals surface area contributed by atoms with Crippen LogP contribution in [0.1, 0.15) is 10.4 Å². The number of aromatic nitrogens is 1. The van der Waals surface area contributed by atoms with Gasteiger partial charge >= 0.3 is 5.97 Å². The first kappa shape index (κ1) is 19.0. The Kier molecular flexibility index (Phi) is 5.73. The summed E-state index contributed by atoms with van der Waals surface area (Å²) < 4.78 is 18.8. The van der Waals surface area contributed by atoms with Crippen molar-refractivity contribution in [1.29, 1.82) is 0 Å². The molecular weight excluding hydrogens is 384 g/mol. The van der Waals surface area contributed by atoms with Crippen molar-refractivity contribution in [3.8, 4) is 5.75 Å². The molecule has 0 amide bonds. The second-order valence-corrected chi connectivity index (χ2v) is 8.42. The molecule has 0 spiro atoms. The number of nitrogens with zero attached hydrogens (tertiary/aromatic N) is 1. The molecule has 5 heteroatoms. The minimum atomic E-state index is -0.924. The predicted octanol–water partition coefficient (Wildman–Crippen LogP) is 4.20. The highest BCUT2D eigenvalue weighted by Crippen LogP contribution is 2.36. The van der Waals surface area contributed by atoms with E-state index in [1.165, 1.54) is 12.3 Å². The molecule has 0 radical (unpaired) electrons. The normalized spacial score (nSPS) is 10.7. The zero-order chi connectivity index (χ0) is 20.1. The molecule has 3 nitrogen and oxygen atoms in total. The number of esters is 1. The van der Waals surface area contributed by atoms with E-state index in [1.54, 1.807) is 6.07 Å². The maximum Gasteiger partial charge on any atom is 0.345 e. The van der Waals surface area contributed by atoms with Crippen molar-refractivity contribution in [2.24, 2.45) is 0 Å². The highest BCUT2D eigenvalue weighted by Gasteiger charge is 2.21. The standard InChI is InChI=1S/C24H17FNO2P/c25-23-16-15-18(17-26-23)24(27)28-21-13-7-8-14-22(21)29(19-9-3-1-4-10-19)20-11-5-2-6-12-20/h1-17H. The van der Waals surface area contributed by atoms with Gasteiger partial charge in [0, 0.05) is 11.5 Å². The van der Waals surface area contributed by atoms with Crippen LogP contribution in [0.3, 0.4) is 0 Å².